The lowest BCUT2D eigenvalue weighted by molar-refractivity contribution is -0.116. The topological polar surface area (TPSA) is 57.8 Å². The SMILES string of the molecule is CC(C)(C)c1cc(NC(=O)CCc2ccccc2Cl)n[nH]1. The van der Waals surface area contributed by atoms with Gasteiger partial charge in [-0.2, -0.15) is 5.10 Å². The van der Waals surface area contributed by atoms with Crippen LogP contribution < -0.4 is 5.32 Å². The van der Waals surface area contributed by atoms with Gasteiger partial charge in [0.15, 0.2) is 5.82 Å². The summed E-state index contributed by atoms with van der Waals surface area (Å²) in [5.74, 6) is 0.492. The first-order valence-corrected chi connectivity index (χ1v) is 7.33. The molecule has 0 aliphatic heterocycles. The Morgan fingerprint density at radius 2 is 2.05 bits per heavy atom. The predicted molar refractivity (Wildman–Crippen MR) is 85.7 cm³/mol. The van der Waals surface area contributed by atoms with Gasteiger partial charge >= 0.3 is 0 Å². The zero-order chi connectivity index (χ0) is 15.5. The van der Waals surface area contributed by atoms with Crippen LogP contribution in [0.25, 0.3) is 0 Å². The van der Waals surface area contributed by atoms with Gasteiger partial charge in [0.1, 0.15) is 0 Å². The fourth-order valence-electron chi connectivity index (χ4n) is 1.92. The molecule has 2 rings (SSSR count). The van der Waals surface area contributed by atoms with E-state index >= 15 is 0 Å². The predicted octanol–water partition coefficient (Wildman–Crippen LogP) is 3.93. The molecule has 0 atom stereocenters. The van der Waals surface area contributed by atoms with Crippen LogP contribution in [0, 0.1) is 0 Å². The number of aromatic nitrogens is 2. The molecular formula is C16H20ClN3O. The lowest BCUT2D eigenvalue weighted by Gasteiger charge is -2.14. The molecule has 0 radical (unpaired) electrons. The second-order valence-electron chi connectivity index (χ2n) is 6.06. The van der Waals surface area contributed by atoms with Gasteiger partial charge in [0.25, 0.3) is 0 Å². The summed E-state index contributed by atoms with van der Waals surface area (Å²) < 4.78 is 0. The minimum absolute atomic E-state index is 0.0203. The Balaban J connectivity index is 1.90. The van der Waals surface area contributed by atoms with Gasteiger partial charge in [-0.15, -0.1) is 0 Å². The molecule has 1 aromatic heterocycles. The number of benzene rings is 1. The van der Waals surface area contributed by atoms with Crippen molar-refractivity contribution in [3.8, 4) is 0 Å². The molecule has 1 aromatic carbocycles. The number of halogens is 1. The van der Waals surface area contributed by atoms with E-state index in [1.807, 2.05) is 30.3 Å². The number of rotatable bonds is 4. The second-order valence-corrected chi connectivity index (χ2v) is 6.46. The third-order valence-electron chi connectivity index (χ3n) is 3.23. The van der Waals surface area contributed by atoms with Crippen molar-refractivity contribution in [1.29, 1.82) is 0 Å². The fourth-order valence-corrected chi connectivity index (χ4v) is 2.15. The number of anilines is 1. The molecule has 4 nitrogen and oxygen atoms in total. The van der Waals surface area contributed by atoms with E-state index < -0.39 is 0 Å². The Kier molecular flexibility index (Phi) is 4.68. The summed E-state index contributed by atoms with van der Waals surface area (Å²) in [6, 6.07) is 9.43. The van der Waals surface area contributed by atoms with Gasteiger partial charge in [0.05, 0.1) is 0 Å². The Hall–Kier alpha value is -1.81. The summed E-state index contributed by atoms with van der Waals surface area (Å²) in [4.78, 5) is 11.9. The first-order valence-electron chi connectivity index (χ1n) is 6.95. The maximum Gasteiger partial charge on any atom is 0.225 e. The molecule has 0 aliphatic carbocycles. The van der Waals surface area contributed by atoms with E-state index in [-0.39, 0.29) is 11.3 Å². The average molecular weight is 306 g/mol. The number of aryl methyl sites for hydroxylation is 1. The van der Waals surface area contributed by atoms with Crippen LogP contribution in [0.3, 0.4) is 0 Å². The highest BCUT2D eigenvalue weighted by molar-refractivity contribution is 6.31. The Morgan fingerprint density at radius 1 is 1.33 bits per heavy atom. The van der Waals surface area contributed by atoms with Gasteiger partial charge < -0.3 is 5.32 Å². The van der Waals surface area contributed by atoms with Crippen molar-refractivity contribution in [3.63, 3.8) is 0 Å². The van der Waals surface area contributed by atoms with E-state index in [0.29, 0.717) is 23.7 Å². The van der Waals surface area contributed by atoms with Crippen LogP contribution in [0.2, 0.25) is 5.02 Å². The van der Waals surface area contributed by atoms with E-state index in [1.165, 1.54) is 0 Å². The van der Waals surface area contributed by atoms with Crippen LogP contribution in [-0.4, -0.2) is 16.1 Å². The molecule has 0 aliphatic rings. The molecule has 0 spiro atoms. The van der Waals surface area contributed by atoms with Crippen LogP contribution in [0.4, 0.5) is 5.82 Å². The van der Waals surface area contributed by atoms with Gasteiger partial charge in [-0.1, -0.05) is 50.6 Å². The standard InChI is InChI=1S/C16H20ClN3O/c1-16(2,3)13-10-14(20-19-13)18-15(21)9-8-11-6-4-5-7-12(11)17/h4-7,10H,8-9H2,1-3H3,(H2,18,19,20,21). The molecule has 1 heterocycles. The summed E-state index contributed by atoms with van der Waals surface area (Å²) >= 11 is 6.07. The van der Waals surface area contributed by atoms with Gasteiger partial charge in [-0.05, 0) is 18.1 Å². The number of hydrogen-bond donors (Lipinski definition) is 2. The summed E-state index contributed by atoms with van der Waals surface area (Å²) in [7, 11) is 0. The Morgan fingerprint density at radius 3 is 2.67 bits per heavy atom. The molecule has 21 heavy (non-hydrogen) atoms. The van der Waals surface area contributed by atoms with Crippen molar-refractivity contribution in [2.75, 3.05) is 5.32 Å². The van der Waals surface area contributed by atoms with E-state index in [9.17, 15) is 4.79 Å². The number of carbonyl (C=O) groups is 1. The van der Waals surface area contributed by atoms with Gasteiger partial charge in [-0.25, -0.2) is 0 Å². The van der Waals surface area contributed by atoms with Crippen molar-refractivity contribution < 1.29 is 4.79 Å². The van der Waals surface area contributed by atoms with E-state index in [1.54, 1.807) is 0 Å². The molecule has 112 valence electrons. The van der Waals surface area contributed by atoms with Crippen LogP contribution in [0.15, 0.2) is 30.3 Å². The zero-order valence-electron chi connectivity index (χ0n) is 12.5. The van der Waals surface area contributed by atoms with E-state index in [4.69, 9.17) is 11.6 Å². The summed E-state index contributed by atoms with van der Waals surface area (Å²) in [5, 5.41) is 10.6. The lowest BCUT2D eigenvalue weighted by Crippen LogP contribution is -2.13. The number of carbonyl (C=O) groups excluding carboxylic acids is 1. The number of aromatic amines is 1. The van der Waals surface area contributed by atoms with Crippen molar-refractivity contribution in [3.05, 3.63) is 46.6 Å². The highest BCUT2D eigenvalue weighted by Gasteiger charge is 2.17. The van der Waals surface area contributed by atoms with Crippen molar-refractivity contribution in [1.82, 2.24) is 10.2 Å². The van der Waals surface area contributed by atoms with E-state index in [0.717, 1.165) is 11.3 Å². The molecule has 0 unspecified atom stereocenters. The van der Waals surface area contributed by atoms with Crippen LogP contribution >= 0.6 is 11.6 Å². The van der Waals surface area contributed by atoms with Gasteiger partial charge in [-0.3, -0.25) is 9.89 Å². The van der Waals surface area contributed by atoms with Crippen molar-refractivity contribution in [2.24, 2.45) is 0 Å². The molecule has 0 bridgehead atoms. The third kappa shape index (κ3) is 4.33. The molecule has 0 saturated heterocycles. The number of nitrogens with zero attached hydrogens (tertiary/aromatic N) is 1. The minimum atomic E-state index is -0.0677. The maximum absolute atomic E-state index is 11.9. The van der Waals surface area contributed by atoms with Crippen LogP contribution in [-0.2, 0) is 16.6 Å². The molecular weight excluding hydrogens is 286 g/mol. The molecule has 0 fully saturated rings. The molecule has 2 aromatic rings. The quantitative estimate of drug-likeness (QED) is 0.899. The Labute approximate surface area is 129 Å². The normalized spacial score (nSPS) is 11.4. The first kappa shape index (κ1) is 15.6. The minimum Gasteiger partial charge on any atom is -0.309 e. The van der Waals surface area contributed by atoms with Crippen molar-refractivity contribution in [2.45, 2.75) is 39.0 Å². The number of nitrogens with one attached hydrogen (secondary N) is 2. The number of amides is 1. The summed E-state index contributed by atoms with van der Waals surface area (Å²) in [6.07, 6.45) is 0.990. The fraction of sp³-hybridized carbons (Fsp3) is 0.375. The van der Waals surface area contributed by atoms with Crippen LogP contribution in [0.5, 0.6) is 0 Å². The highest BCUT2D eigenvalue weighted by Crippen LogP contribution is 2.22. The zero-order valence-corrected chi connectivity index (χ0v) is 13.3. The monoisotopic (exact) mass is 305 g/mol. The summed E-state index contributed by atoms with van der Waals surface area (Å²) in [6.45, 7) is 6.26. The number of H-pyrrole nitrogens is 1. The third-order valence-corrected chi connectivity index (χ3v) is 3.60. The lowest BCUT2D eigenvalue weighted by atomic mass is 9.92. The molecule has 0 saturated carbocycles. The van der Waals surface area contributed by atoms with E-state index in [2.05, 4.69) is 36.3 Å². The molecule has 1 amide bonds. The van der Waals surface area contributed by atoms with Crippen molar-refractivity contribution >= 4 is 23.3 Å². The second kappa shape index (κ2) is 6.31. The average Bonchev–Trinajstić information content (AvgIpc) is 2.86. The summed E-state index contributed by atoms with van der Waals surface area (Å²) in [5.41, 5.74) is 1.95. The molecule has 2 N–H and O–H groups in total. The smallest absolute Gasteiger partial charge is 0.225 e. The highest BCUT2D eigenvalue weighted by atomic mass is 35.5. The number of hydrogen-bond acceptors (Lipinski definition) is 2. The first-order chi connectivity index (χ1) is 9.86. The maximum atomic E-state index is 11.9. The Bertz CT molecular complexity index is 628. The van der Waals surface area contributed by atoms with Crippen LogP contribution in [0.1, 0.15) is 38.4 Å². The molecule has 5 heteroatoms. The van der Waals surface area contributed by atoms with Gasteiger partial charge in [0, 0.05) is 28.6 Å². The van der Waals surface area contributed by atoms with Gasteiger partial charge in [0.2, 0.25) is 5.91 Å². The largest absolute Gasteiger partial charge is 0.309 e.